The van der Waals surface area contributed by atoms with Crippen LogP contribution in [0, 0.1) is 0 Å². The topological polar surface area (TPSA) is 76.7 Å². The van der Waals surface area contributed by atoms with Crippen molar-refractivity contribution in [2.45, 2.75) is 17.9 Å². The maximum absolute atomic E-state index is 12.2. The zero-order chi connectivity index (χ0) is 14.8. The van der Waals surface area contributed by atoms with Crippen molar-refractivity contribution in [2.75, 3.05) is 26.8 Å². The SMILES string of the molecule is CNC(C)CNS(=O)(=O)c1cc2c(cc1Cl)OCCO2. The Bertz CT molecular complexity index is 591. The van der Waals surface area contributed by atoms with Crippen LogP contribution in [0.25, 0.3) is 0 Å². The first-order valence-electron chi connectivity index (χ1n) is 6.20. The van der Waals surface area contributed by atoms with Crippen LogP contribution in [0.4, 0.5) is 0 Å². The maximum Gasteiger partial charge on any atom is 0.242 e. The molecule has 1 aromatic rings. The second-order valence-corrected chi connectivity index (χ2v) is 6.61. The van der Waals surface area contributed by atoms with E-state index in [4.69, 9.17) is 21.1 Å². The van der Waals surface area contributed by atoms with E-state index in [2.05, 4.69) is 10.0 Å². The Morgan fingerprint density at radius 2 is 1.90 bits per heavy atom. The molecule has 1 aromatic carbocycles. The molecular weight excluding hydrogens is 304 g/mol. The van der Waals surface area contributed by atoms with Crippen LogP contribution in [0.15, 0.2) is 17.0 Å². The van der Waals surface area contributed by atoms with Crippen LogP contribution in [0.5, 0.6) is 11.5 Å². The number of hydrogen-bond acceptors (Lipinski definition) is 5. The molecule has 0 aliphatic carbocycles. The first-order valence-corrected chi connectivity index (χ1v) is 8.06. The van der Waals surface area contributed by atoms with Gasteiger partial charge in [0, 0.05) is 24.7 Å². The zero-order valence-corrected chi connectivity index (χ0v) is 12.8. The fourth-order valence-electron chi connectivity index (χ4n) is 1.67. The van der Waals surface area contributed by atoms with Crippen LogP contribution < -0.4 is 19.5 Å². The van der Waals surface area contributed by atoms with Gasteiger partial charge in [0.15, 0.2) is 11.5 Å². The average Bonchev–Trinajstić information content (AvgIpc) is 2.44. The minimum Gasteiger partial charge on any atom is -0.486 e. The number of halogens is 1. The van der Waals surface area contributed by atoms with E-state index in [1.54, 1.807) is 7.05 Å². The molecule has 1 unspecified atom stereocenters. The van der Waals surface area contributed by atoms with Crippen molar-refractivity contribution >= 4 is 21.6 Å². The molecule has 0 bridgehead atoms. The van der Waals surface area contributed by atoms with Gasteiger partial charge in [-0.05, 0) is 14.0 Å². The van der Waals surface area contributed by atoms with E-state index < -0.39 is 10.0 Å². The van der Waals surface area contributed by atoms with Gasteiger partial charge in [-0.2, -0.15) is 0 Å². The molecule has 0 radical (unpaired) electrons. The number of likely N-dealkylation sites (N-methyl/N-ethyl adjacent to an activating group) is 1. The van der Waals surface area contributed by atoms with E-state index in [9.17, 15) is 8.42 Å². The largest absolute Gasteiger partial charge is 0.486 e. The molecule has 0 aromatic heterocycles. The molecule has 0 saturated carbocycles. The Kier molecular flexibility index (Phi) is 4.74. The van der Waals surface area contributed by atoms with Gasteiger partial charge < -0.3 is 14.8 Å². The van der Waals surface area contributed by atoms with Crippen LogP contribution in [0.1, 0.15) is 6.92 Å². The first kappa shape index (κ1) is 15.4. The van der Waals surface area contributed by atoms with Gasteiger partial charge in [-0.25, -0.2) is 13.1 Å². The standard InChI is InChI=1S/C12H17ClN2O4S/c1-8(14-2)7-15-20(16,17)12-6-11-10(5-9(12)13)18-3-4-19-11/h5-6,8,14-15H,3-4,7H2,1-2H3. The summed E-state index contributed by atoms with van der Waals surface area (Å²) in [6.07, 6.45) is 0. The van der Waals surface area contributed by atoms with Crippen LogP contribution in [0.3, 0.4) is 0 Å². The lowest BCUT2D eigenvalue weighted by Crippen LogP contribution is -2.37. The van der Waals surface area contributed by atoms with Crippen molar-refractivity contribution < 1.29 is 17.9 Å². The number of benzene rings is 1. The first-order chi connectivity index (χ1) is 9.44. The summed E-state index contributed by atoms with van der Waals surface area (Å²) in [5.41, 5.74) is 0. The Morgan fingerprint density at radius 1 is 1.30 bits per heavy atom. The summed E-state index contributed by atoms with van der Waals surface area (Å²) in [5, 5.41) is 3.06. The smallest absolute Gasteiger partial charge is 0.242 e. The summed E-state index contributed by atoms with van der Waals surface area (Å²) >= 11 is 6.02. The van der Waals surface area contributed by atoms with Gasteiger partial charge in [-0.1, -0.05) is 11.6 Å². The molecule has 1 atom stereocenters. The highest BCUT2D eigenvalue weighted by Crippen LogP contribution is 2.37. The zero-order valence-electron chi connectivity index (χ0n) is 11.3. The molecule has 20 heavy (non-hydrogen) atoms. The summed E-state index contributed by atoms with van der Waals surface area (Å²) < 4.78 is 37.7. The van der Waals surface area contributed by atoms with Gasteiger partial charge in [0.2, 0.25) is 10.0 Å². The van der Waals surface area contributed by atoms with Gasteiger partial charge in [-0.15, -0.1) is 0 Å². The molecule has 2 N–H and O–H groups in total. The lowest BCUT2D eigenvalue weighted by molar-refractivity contribution is 0.171. The number of nitrogens with one attached hydrogen (secondary N) is 2. The molecule has 6 nitrogen and oxygen atoms in total. The Balaban J connectivity index is 2.27. The van der Waals surface area contributed by atoms with Crippen LogP contribution in [-0.2, 0) is 10.0 Å². The van der Waals surface area contributed by atoms with Crippen molar-refractivity contribution in [3.05, 3.63) is 17.2 Å². The number of hydrogen-bond donors (Lipinski definition) is 2. The number of rotatable bonds is 5. The molecule has 1 aliphatic heterocycles. The third-order valence-corrected chi connectivity index (χ3v) is 4.85. The third kappa shape index (κ3) is 3.35. The molecule has 8 heteroatoms. The van der Waals surface area contributed by atoms with Gasteiger partial charge in [0.25, 0.3) is 0 Å². The van der Waals surface area contributed by atoms with Crippen LogP contribution in [-0.4, -0.2) is 41.3 Å². The van der Waals surface area contributed by atoms with Gasteiger partial charge in [0.1, 0.15) is 18.1 Å². The van der Waals surface area contributed by atoms with Crippen molar-refractivity contribution in [3.8, 4) is 11.5 Å². The quantitative estimate of drug-likeness (QED) is 0.846. The number of ether oxygens (including phenoxy) is 2. The third-order valence-electron chi connectivity index (χ3n) is 2.96. The Labute approximate surface area is 123 Å². The van der Waals surface area contributed by atoms with Gasteiger partial charge in [0.05, 0.1) is 5.02 Å². The predicted octanol–water partition coefficient (Wildman–Crippen LogP) is 0.997. The molecule has 1 heterocycles. The Morgan fingerprint density at radius 3 is 2.50 bits per heavy atom. The van der Waals surface area contributed by atoms with Gasteiger partial charge >= 0.3 is 0 Å². The lowest BCUT2D eigenvalue weighted by atomic mass is 10.3. The fourth-order valence-corrected chi connectivity index (χ4v) is 3.33. The minimum atomic E-state index is -3.69. The maximum atomic E-state index is 12.2. The van der Waals surface area contributed by atoms with Crippen LogP contribution >= 0.6 is 11.6 Å². The summed E-state index contributed by atoms with van der Waals surface area (Å²) in [5.74, 6) is 0.853. The van der Waals surface area contributed by atoms with E-state index in [1.807, 2.05) is 6.92 Å². The van der Waals surface area contributed by atoms with Gasteiger partial charge in [-0.3, -0.25) is 0 Å². The Hall–Kier alpha value is -1.02. The van der Waals surface area contributed by atoms with Crippen molar-refractivity contribution in [1.29, 1.82) is 0 Å². The van der Waals surface area contributed by atoms with E-state index >= 15 is 0 Å². The minimum absolute atomic E-state index is 0.00767. The normalized spacial score (nSPS) is 15.9. The van der Waals surface area contributed by atoms with Crippen LogP contribution in [0.2, 0.25) is 5.02 Å². The van der Waals surface area contributed by atoms with Crippen molar-refractivity contribution in [1.82, 2.24) is 10.0 Å². The van der Waals surface area contributed by atoms with Crippen molar-refractivity contribution in [2.24, 2.45) is 0 Å². The average molecular weight is 321 g/mol. The molecule has 0 saturated heterocycles. The molecule has 2 rings (SSSR count). The summed E-state index contributed by atoms with van der Waals surface area (Å²) in [4.78, 5) is -0.00767. The highest BCUT2D eigenvalue weighted by molar-refractivity contribution is 7.89. The fraction of sp³-hybridized carbons (Fsp3) is 0.500. The summed E-state index contributed by atoms with van der Waals surface area (Å²) in [6.45, 7) is 2.95. The highest BCUT2D eigenvalue weighted by Gasteiger charge is 2.23. The summed E-state index contributed by atoms with van der Waals surface area (Å²) in [6, 6.07) is 2.87. The lowest BCUT2D eigenvalue weighted by Gasteiger charge is -2.20. The summed E-state index contributed by atoms with van der Waals surface area (Å²) in [7, 11) is -1.93. The molecule has 1 aliphatic rings. The second kappa shape index (κ2) is 6.17. The van der Waals surface area contributed by atoms with E-state index in [0.717, 1.165) is 0 Å². The predicted molar refractivity (Wildman–Crippen MR) is 76.2 cm³/mol. The van der Waals surface area contributed by atoms with Crippen molar-refractivity contribution in [3.63, 3.8) is 0 Å². The molecule has 112 valence electrons. The second-order valence-electron chi connectivity index (χ2n) is 4.47. The highest BCUT2D eigenvalue weighted by atomic mass is 35.5. The van der Waals surface area contributed by atoms with E-state index in [1.165, 1.54) is 12.1 Å². The van der Waals surface area contributed by atoms with E-state index in [-0.39, 0.29) is 22.5 Å². The number of sulfonamides is 1. The number of fused-ring (bicyclic) bond motifs is 1. The monoisotopic (exact) mass is 320 g/mol. The molecular formula is C12H17ClN2O4S. The molecule has 0 amide bonds. The van der Waals surface area contributed by atoms with E-state index in [0.29, 0.717) is 24.7 Å². The molecule has 0 fully saturated rings. The molecule has 0 spiro atoms.